The number of esters is 1. The Morgan fingerprint density at radius 3 is 1.48 bits per heavy atom. The highest BCUT2D eigenvalue weighted by Gasteiger charge is 2.05. The maximum Gasteiger partial charge on any atom is 0.305 e. The largest absolute Gasteiger partial charge is 0.465 e. The van der Waals surface area contributed by atoms with Crippen LogP contribution in [0.4, 0.5) is 0 Å². The number of carbonyl (C=O) groups is 1. The third-order valence-electron chi connectivity index (χ3n) is 5.21. The van der Waals surface area contributed by atoms with Crippen LogP contribution in [0.5, 0.6) is 0 Å². The lowest BCUT2D eigenvalue weighted by Gasteiger charge is -2.09. The summed E-state index contributed by atoms with van der Waals surface area (Å²) in [7, 11) is 0. The van der Waals surface area contributed by atoms with Crippen molar-refractivity contribution in [2.75, 3.05) is 6.61 Å². The summed E-state index contributed by atoms with van der Waals surface area (Å²) in [5.41, 5.74) is 0. The first-order valence-corrected chi connectivity index (χ1v) is 11.4. The topological polar surface area (TPSA) is 26.3 Å². The van der Waals surface area contributed by atoms with Crippen LogP contribution < -0.4 is 0 Å². The van der Waals surface area contributed by atoms with E-state index in [1.165, 1.54) is 89.9 Å². The molecule has 0 amide bonds. The SMILES string of the molecule is CCCCCCCCCCCCCCCCCC(=O)OCC(C)CC. The van der Waals surface area contributed by atoms with E-state index in [2.05, 4.69) is 20.8 Å². The minimum absolute atomic E-state index is 0.00464. The van der Waals surface area contributed by atoms with Crippen molar-refractivity contribution in [1.82, 2.24) is 0 Å². The second-order valence-corrected chi connectivity index (χ2v) is 7.90. The van der Waals surface area contributed by atoms with E-state index in [1.807, 2.05) is 0 Å². The third-order valence-corrected chi connectivity index (χ3v) is 5.21. The Labute approximate surface area is 158 Å². The van der Waals surface area contributed by atoms with Crippen molar-refractivity contribution < 1.29 is 9.53 Å². The summed E-state index contributed by atoms with van der Waals surface area (Å²) in [6.07, 6.45) is 22.0. The second-order valence-electron chi connectivity index (χ2n) is 7.90. The molecule has 0 rings (SSSR count). The third kappa shape index (κ3) is 19.6. The molecule has 25 heavy (non-hydrogen) atoms. The molecule has 0 aromatic carbocycles. The number of ether oxygens (including phenoxy) is 1. The fourth-order valence-corrected chi connectivity index (χ4v) is 3.07. The summed E-state index contributed by atoms with van der Waals surface area (Å²) < 4.78 is 5.27. The van der Waals surface area contributed by atoms with E-state index in [9.17, 15) is 4.79 Å². The highest BCUT2D eigenvalue weighted by molar-refractivity contribution is 5.69. The molecule has 0 radical (unpaired) electrons. The summed E-state index contributed by atoms with van der Waals surface area (Å²) in [4.78, 5) is 11.6. The zero-order valence-corrected chi connectivity index (χ0v) is 17.6. The molecular weight excluding hydrogens is 308 g/mol. The second kappa shape index (κ2) is 19.8. The van der Waals surface area contributed by atoms with Crippen LogP contribution in [-0.4, -0.2) is 12.6 Å². The van der Waals surface area contributed by atoms with E-state index in [0.717, 1.165) is 12.8 Å². The molecule has 150 valence electrons. The van der Waals surface area contributed by atoms with E-state index >= 15 is 0 Å². The Morgan fingerprint density at radius 1 is 0.680 bits per heavy atom. The van der Waals surface area contributed by atoms with Crippen molar-refractivity contribution in [3.63, 3.8) is 0 Å². The van der Waals surface area contributed by atoms with Gasteiger partial charge in [-0.3, -0.25) is 4.79 Å². The Morgan fingerprint density at radius 2 is 1.08 bits per heavy atom. The average Bonchev–Trinajstić information content (AvgIpc) is 2.62. The van der Waals surface area contributed by atoms with E-state index in [-0.39, 0.29) is 5.97 Å². The van der Waals surface area contributed by atoms with Crippen molar-refractivity contribution in [3.8, 4) is 0 Å². The molecule has 0 fully saturated rings. The van der Waals surface area contributed by atoms with Crippen LogP contribution in [0.25, 0.3) is 0 Å². The molecule has 0 aromatic rings. The van der Waals surface area contributed by atoms with Crippen molar-refractivity contribution in [2.24, 2.45) is 5.92 Å². The van der Waals surface area contributed by atoms with Gasteiger partial charge in [-0.25, -0.2) is 0 Å². The van der Waals surface area contributed by atoms with Crippen molar-refractivity contribution in [1.29, 1.82) is 0 Å². The highest BCUT2D eigenvalue weighted by Crippen LogP contribution is 2.14. The van der Waals surface area contributed by atoms with Crippen molar-refractivity contribution in [2.45, 2.75) is 130 Å². The number of hydrogen-bond donors (Lipinski definition) is 0. The van der Waals surface area contributed by atoms with Crippen molar-refractivity contribution in [3.05, 3.63) is 0 Å². The number of carbonyl (C=O) groups excluding carboxylic acids is 1. The lowest BCUT2D eigenvalue weighted by Crippen LogP contribution is -2.11. The Hall–Kier alpha value is -0.530. The standard InChI is InChI=1S/C23H46O2/c1-4-6-7-8-9-10-11-12-13-14-15-16-17-18-19-20-23(24)25-21-22(3)5-2/h22H,4-21H2,1-3H3. The molecule has 0 aliphatic heterocycles. The molecule has 0 aromatic heterocycles. The summed E-state index contributed by atoms with van der Waals surface area (Å²) >= 11 is 0. The molecule has 1 unspecified atom stereocenters. The van der Waals surface area contributed by atoms with Gasteiger partial charge in [0.05, 0.1) is 6.61 Å². The van der Waals surface area contributed by atoms with Gasteiger partial charge in [0.15, 0.2) is 0 Å². The molecule has 0 saturated heterocycles. The molecule has 1 atom stereocenters. The molecule has 0 aliphatic carbocycles. The van der Waals surface area contributed by atoms with Gasteiger partial charge in [0.2, 0.25) is 0 Å². The minimum Gasteiger partial charge on any atom is -0.465 e. The smallest absolute Gasteiger partial charge is 0.305 e. The maximum atomic E-state index is 11.6. The molecule has 0 heterocycles. The highest BCUT2D eigenvalue weighted by atomic mass is 16.5. The average molecular weight is 355 g/mol. The van der Waals surface area contributed by atoms with Crippen LogP contribution in [0.1, 0.15) is 130 Å². The van der Waals surface area contributed by atoms with Gasteiger partial charge in [-0.2, -0.15) is 0 Å². The number of rotatable bonds is 19. The normalized spacial score (nSPS) is 12.3. The zero-order valence-electron chi connectivity index (χ0n) is 17.6. The van der Waals surface area contributed by atoms with Gasteiger partial charge < -0.3 is 4.74 Å². The Balaban J connectivity index is 3.12. The van der Waals surface area contributed by atoms with Gasteiger partial charge in [0.25, 0.3) is 0 Å². The zero-order chi connectivity index (χ0) is 18.6. The van der Waals surface area contributed by atoms with E-state index in [1.54, 1.807) is 0 Å². The molecule has 0 bridgehead atoms. The quantitative estimate of drug-likeness (QED) is 0.174. The first-order chi connectivity index (χ1) is 12.2. The van der Waals surface area contributed by atoms with Crippen LogP contribution in [0.15, 0.2) is 0 Å². The van der Waals surface area contributed by atoms with E-state index in [4.69, 9.17) is 4.74 Å². The lowest BCUT2D eigenvalue weighted by molar-refractivity contribution is -0.145. The monoisotopic (exact) mass is 354 g/mol. The van der Waals surface area contributed by atoms with Crippen LogP contribution in [0, 0.1) is 5.92 Å². The molecule has 2 nitrogen and oxygen atoms in total. The molecule has 0 N–H and O–H groups in total. The van der Waals surface area contributed by atoms with E-state index in [0.29, 0.717) is 18.9 Å². The summed E-state index contributed by atoms with van der Waals surface area (Å²) in [5.74, 6) is 0.486. The summed E-state index contributed by atoms with van der Waals surface area (Å²) in [5, 5.41) is 0. The summed E-state index contributed by atoms with van der Waals surface area (Å²) in [6.45, 7) is 7.13. The van der Waals surface area contributed by atoms with Gasteiger partial charge in [-0.05, 0) is 12.3 Å². The number of hydrogen-bond acceptors (Lipinski definition) is 2. The Bertz CT molecular complexity index is 275. The predicted octanol–water partition coefficient (Wildman–Crippen LogP) is 7.84. The Kier molecular flexibility index (Phi) is 19.4. The number of unbranched alkanes of at least 4 members (excludes halogenated alkanes) is 14. The van der Waals surface area contributed by atoms with Crippen LogP contribution in [0.3, 0.4) is 0 Å². The first-order valence-electron chi connectivity index (χ1n) is 11.4. The van der Waals surface area contributed by atoms with Gasteiger partial charge >= 0.3 is 5.97 Å². The molecule has 0 spiro atoms. The van der Waals surface area contributed by atoms with Crippen LogP contribution in [0.2, 0.25) is 0 Å². The van der Waals surface area contributed by atoms with Crippen LogP contribution in [-0.2, 0) is 9.53 Å². The van der Waals surface area contributed by atoms with Gasteiger partial charge in [0, 0.05) is 6.42 Å². The van der Waals surface area contributed by atoms with E-state index < -0.39 is 0 Å². The molecule has 0 saturated carbocycles. The molecular formula is C23H46O2. The minimum atomic E-state index is -0.00464. The molecule has 0 aliphatic rings. The fraction of sp³-hybridized carbons (Fsp3) is 0.957. The van der Waals surface area contributed by atoms with Gasteiger partial charge in [-0.15, -0.1) is 0 Å². The molecule has 2 heteroatoms. The lowest BCUT2D eigenvalue weighted by atomic mass is 10.0. The van der Waals surface area contributed by atoms with Gasteiger partial charge in [-0.1, -0.05) is 117 Å². The first kappa shape index (κ1) is 24.5. The maximum absolute atomic E-state index is 11.6. The predicted molar refractivity (Wildman–Crippen MR) is 110 cm³/mol. The van der Waals surface area contributed by atoms with Crippen LogP contribution >= 0.6 is 0 Å². The van der Waals surface area contributed by atoms with Crippen molar-refractivity contribution >= 4 is 5.97 Å². The summed E-state index contributed by atoms with van der Waals surface area (Å²) in [6, 6.07) is 0. The van der Waals surface area contributed by atoms with Gasteiger partial charge in [0.1, 0.15) is 0 Å². The fourth-order valence-electron chi connectivity index (χ4n) is 3.07.